The summed E-state index contributed by atoms with van der Waals surface area (Å²) in [6.07, 6.45) is 0. The van der Waals surface area contributed by atoms with Crippen LogP contribution < -0.4 is 10.2 Å². The van der Waals surface area contributed by atoms with Gasteiger partial charge in [0, 0.05) is 10.6 Å². The summed E-state index contributed by atoms with van der Waals surface area (Å²) in [4.78, 5) is 30.4. The van der Waals surface area contributed by atoms with Gasteiger partial charge in [-0.2, -0.15) is 0 Å². The average Bonchev–Trinajstić information content (AvgIpc) is 3.15. The third-order valence-electron chi connectivity index (χ3n) is 3.98. The molecule has 2 heterocycles. The molecule has 9 heteroatoms. The van der Waals surface area contributed by atoms with E-state index in [0.29, 0.717) is 27.4 Å². The first-order chi connectivity index (χ1) is 13.1. The first-order valence-corrected chi connectivity index (χ1v) is 9.47. The van der Waals surface area contributed by atoms with Crippen LogP contribution in [0.4, 0.5) is 11.4 Å². The normalized spacial score (nSPS) is 13.2. The molecule has 0 spiro atoms. The number of thioether (sulfide) groups is 1. The number of para-hydroxylation sites is 2. The first kappa shape index (κ1) is 17.6. The van der Waals surface area contributed by atoms with Crippen molar-refractivity contribution in [2.45, 2.75) is 5.16 Å². The molecule has 3 aromatic rings. The lowest BCUT2D eigenvalue weighted by molar-refractivity contribution is -0.120. The summed E-state index contributed by atoms with van der Waals surface area (Å²) in [5.74, 6) is 0.332. The van der Waals surface area contributed by atoms with Crippen molar-refractivity contribution in [3.63, 3.8) is 0 Å². The molecule has 0 atom stereocenters. The number of nitrogens with one attached hydrogen (secondary N) is 2. The van der Waals surface area contributed by atoms with Crippen molar-refractivity contribution < 1.29 is 9.59 Å². The Kier molecular flexibility index (Phi) is 4.83. The number of benzene rings is 2. The molecule has 1 aliphatic heterocycles. The number of carbonyl (C=O) groups excluding carboxylic acids is 2. The van der Waals surface area contributed by atoms with Crippen molar-refractivity contribution in [3.05, 3.63) is 53.6 Å². The van der Waals surface area contributed by atoms with Crippen LogP contribution in [-0.2, 0) is 9.59 Å². The molecule has 27 heavy (non-hydrogen) atoms. The van der Waals surface area contributed by atoms with Crippen LogP contribution in [0, 0.1) is 0 Å². The van der Waals surface area contributed by atoms with Crippen molar-refractivity contribution in [2.75, 3.05) is 22.5 Å². The second-order valence-corrected chi connectivity index (χ2v) is 7.19. The van der Waals surface area contributed by atoms with E-state index in [1.54, 1.807) is 18.2 Å². The third-order valence-corrected chi connectivity index (χ3v) is 5.06. The fourth-order valence-corrected chi connectivity index (χ4v) is 3.51. The van der Waals surface area contributed by atoms with Gasteiger partial charge in [0.05, 0.1) is 17.1 Å². The highest BCUT2D eigenvalue weighted by molar-refractivity contribution is 7.99. The fourth-order valence-electron chi connectivity index (χ4n) is 2.71. The lowest BCUT2D eigenvalue weighted by Gasteiger charge is -2.28. The highest BCUT2D eigenvalue weighted by Crippen LogP contribution is 2.30. The van der Waals surface area contributed by atoms with Crippen LogP contribution >= 0.6 is 23.4 Å². The number of rotatable bonds is 4. The zero-order chi connectivity index (χ0) is 18.8. The summed E-state index contributed by atoms with van der Waals surface area (Å²) >= 11 is 7.10. The quantitative estimate of drug-likeness (QED) is 0.657. The van der Waals surface area contributed by atoms with E-state index in [1.165, 1.54) is 16.7 Å². The minimum atomic E-state index is -0.213. The largest absolute Gasteiger partial charge is 0.323 e. The van der Waals surface area contributed by atoms with Crippen molar-refractivity contribution in [3.8, 4) is 11.4 Å². The molecule has 0 fully saturated rings. The van der Waals surface area contributed by atoms with Gasteiger partial charge in [-0.3, -0.25) is 14.7 Å². The van der Waals surface area contributed by atoms with Crippen LogP contribution in [0.5, 0.6) is 0 Å². The molecule has 0 aliphatic carbocycles. The van der Waals surface area contributed by atoms with E-state index in [2.05, 4.69) is 20.5 Å². The number of H-pyrrole nitrogens is 1. The molecule has 136 valence electrons. The Balaban J connectivity index is 1.44. The summed E-state index contributed by atoms with van der Waals surface area (Å²) in [7, 11) is 0. The second-order valence-electron chi connectivity index (χ2n) is 5.81. The van der Waals surface area contributed by atoms with Crippen LogP contribution in [0.2, 0.25) is 5.02 Å². The molecule has 0 unspecified atom stereocenters. The Labute approximate surface area is 164 Å². The fraction of sp³-hybridized carbons (Fsp3) is 0.111. The van der Waals surface area contributed by atoms with Gasteiger partial charge < -0.3 is 10.2 Å². The Bertz CT molecular complexity index is 1000. The van der Waals surface area contributed by atoms with Crippen molar-refractivity contribution >= 4 is 46.6 Å². The third kappa shape index (κ3) is 3.81. The van der Waals surface area contributed by atoms with Crippen molar-refractivity contribution in [1.29, 1.82) is 0 Å². The van der Waals surface area contributed by atoms with E-state index < -0.39 is 0 Å². The molecule has 2 amide bonds. The summed E-state index contributed by atoms with van der Waals surface area (Å²) in [5, 5.41) is 10.9. The van der Waals surface area contributed by atoms with Gasteiger partial charge >= 0.3 is 0 Å². The minimum absolute atomic E-state index is 0.000422. The highest BCUT2D eigenvalue weighted by Gasteiger charge is 2.26. The number of halogens is 1. The van der Waals surface area contributed by atoms with E-state index in [1.807, 2.05) is 30.3 Å². The number of aromatic amines is 1. The zero-order valence-electron chi connectivity index (χ0n) is 14.0. The molecule has 0 saturated carbocycles. The van der Waals surface area contributed by atoms with Crippen LogP contribution in [0.1, 0.15) is 0 Å². The van der Waals surface area contributed by atoms with Crippen LogP contribution in [0.15, 0.2) is 53.7 Å². The van der Waals surface area contributed by atoms with Gasteiger partial charge in [0.2, 0.25) is 17.0 Å². The van der Waals surface area contributed by atoms with Gasteiger partial charge in [0.15, 0.2) is 5.82 Å². The number of aromatic nitrogens is 3. The number of hydrogen-bond acceptors (Lipinski definition) is 5. The number of nitrogens with zero attached hydrogens (tertiary/aromatic N) is 3. The molecule has 0 bridgehead atoms. The number of carbonyl (C=O) groups is 2. The molecule has 1 aromatic heterocycles. The monoisotopic (exact) mass is 399 g/mol. The van der Waals surface area contributed by atoms with Crippen molar-refractivity contribution in [1.82, 2.24) is 15.2 Å². The lowest BCUT2D eigenvalue weighted by Crippen LogP contribution is -2.43. The maximum absolute atomic E-state index is 12.6. The topological polar surface area (TPSA) is 91.0 Å². The predicted octanol–water partition coefficient (Wildman–Crippen LogP) is 3.20. The smallest absolute Gasteiger partial charge is 0.244 e. The minimum Gasteiger partial charge on any atom is -0.323 e. The Morgan fingerprint density at radius 3 is 2.78 bits per heavy atom. The average molecular weight is 400 g/mol. The molecule has 2 N–H and O–H groups in total. The SMILES string of the molecule is O=C1CN(C(=O)CSc2n[nH]c(-c3ccc(Cl)cc3)n2)c2ccccc2N1. The molecule has 4 rings (SSSR count). The Morgan fingerprint density at radius 1 is 1.19 bits per heavy atom. The molecular weight excluding hydrogens is 386 g/mol. The van der Waals surface area contributed by atoms with Gasteiger partial charge in [0.25, 0.3) is 0 Å². The van der Waals surface area contributed by atoms with Crippen LogP contribution in [-0.4, -0.2) is 39.3 Å². The maximum atomic E-state index is 12.6. The van der Waals surface area contributed by atoms with E-state index in [9.17, 15) is 9.59 Å². The van der Waals surface area contributed by atoms with Gasteiger partial charge in [-0.1, -0.05) is 35.5 Å². The van der Waals surface area contributed by atoms with E-state index >= 15 is 0 Å². The van der Waals surface area contributed by atoms with Crippen LogP contribution in [0.3, 0.4) is 0 Å². The molecule has 2 aromatic carbocycles. The Morgan fingerprint density at radius 2 is 1.96 bits per heavy atom. The maximum Gasteiger partial charge on any atom is 0.244 e. The van der Waals surface area contributed by atoms with Gasteiger partial charge in [0.1, 0.15) is 6.54 Å². The summed E-state index contributed by atoms with van der Waals surface area (Å²) < 4.78 is 0. The van der Waals surface area contributed by atoms with E-state index in [4.69, 9.17) is 11.6 Å². The molecular formula is C18H14ClN5O2S. The number of fused-ring (bicyclic) bond motifs is 1. The van der Waals surface area contributed by atoms with E-state index in [-0.39, 0.29) is 24.1 Å². The van der Waals surface area contributed by atoms with Gasteiger partial charge in [-0.15, -0.1) is 5.10 Å². The van der Waals surface area contributed by atoms with E-state index in [0.717, 1.165) is 5.56 Å². The van der Waals surface area contributed by atoms with Crippen LogP contribution in [0.25, 0.3) is 11.4 Å². The molecule has 0 radical (unpaired) electrons. The molecule has 7 nitrogen and oxygen atoms in total. The Hall–Kier alpha value is -2.84. The lowest BCUT2D eigenvalue weighted by atomic mass is 10.2. The zero-order valence-corrected chi connectivity index (χ0v) is 15.5. The standard InChI is InChI=1S/C18H14ClN5O2S/c19-12-7-5-11(6-8-12)17-21-18(23-22-17)27-10-16(26)24-9-15(25)20-13-3-1-2-4-14(13)24/h1-8H,9-10H2,(H,20,25)(H,21,22,23). The summed E-state index contributed by atoms with van der Waals surface area (Å²) in [6.45, 7) is 0.000422. The summed E-state index contributed by atoms with van der Waals surface area (Å²) in [5.41, 5.74) is 2.18. The predicted molar refractivity (Wildman–Crippen MR) is 105 cm³/mol. The molecule has 0 saturated heterocycles. The molecule has 1 aliphatic rings. The van der Waals surface area contributed by atoms with Gasteiger partial charge in [-0.25, -0.2) is 4.98 Å². The second kappa shape index (κ2) is 7.42. The summed E-state index contributed by atoms with van der Waals surface area (Å²) in [6, 6.07) is 14.4. The first-order valence-electron chi connectivity index (χ1n) is 8.10. The number of amides is 2. The van der Waals surface area contributed by atoms with Gasteiger partial charge in [-0.05, 0) is 36.4 Å². The number of hydrogen-bond donors (Lipinski definition) is 2. The number of anilines is 2. The van der Waals surface area contributed by atoms with Crippen molar-refractivity contribution in [2.24, 2.45) is 0 Å². The highest BCUT2D eigenvalue weighted by atomic mass is 35.5.